The normalized spacial score (nSPS) is 18.9. The topological polar surface area (TPSA) is 63.2 Å². The Balaban J connectivity index is 1.50. The molecular weight excluding hydrogens is 395 g/mol. The first kappa shape index (κ1) is 23.3. The predicted octanol–water partition coefficient (Wildman–Crippen LogP) is 1.89. The molecule has 0 saturated carbocycles. The first-order valence-electron chi connectivity index (χ1n) is 11.5. The van der Waals surface area contributed by atoms with Gasteiger partial charge in [0.2, 0.25) is 5.91 Å². The van der Waals surface area contributed by atoms with Crippen LogP contribution in [0.3, 0.4) is 0 Å². The van der Waals surface area contributed by atoms with Gasteiger partial charge in [0.05, 0.1) is 5.69 Å². The highest BCUT2D eigenvalue weighted by Gasteiger charge is 2.23. The molecule has 2 fully saturated rings. The number of anilines is 1. The molecule has 0 atom stereocenters. The number of aliphatic imine (C=N–C) groups is 1. The van der Waals surface area contributed by atoms with E-state index in [1.54, 1.807) is 20.2 Å². The van der Waals surface area contributed by atoms with Crippen molar-refractivity contribution in [3.63, 3.8) is 0 Å². The van der Waals surface area contributed by atoms with Crippen LogP contribution in [0, 0.1) is 11.7 Å². The van der Waals surface area contributed by atoms with Gasteiger partial charge in [0.1, 0.15) is 5.82 Å². The lowest BCUT2D eigenvalue weighted by Crippen LogP contribution is -2.46. The number of carbonyl (C=O) groups excluding carboxylic acids is 1. The van der Waals surface area contributed by atoms with Crippen molar-refractivity contribution in [2.24, 2.45) is 10.9 Å². The van der Waals surface area contributed by atoms with Crippen LogP contribution in [-0.4, -0.2) is 81.6 Å². The Morgan fingerprint density at radius 3 is 2.45 bits per heavy atom. The van der Waals surface area contributed by atoms with Crippen molar-refractivity contribution in [3.05, 3.63) is 29.6 Å². The molecule has 0 aliphatic carbocycles. The minimum absolute atomic E-state index is 0.110. The van der Waals surface area contributed by atoms with Crippen molar-refractivity contribution in [3.8, 4) is 0 Å². The van der Waals surface area contributed by atoms with Crippen LogP contribution in [0.25, 0.3) is 0 Å². The number of likely N-dealkylation sites (N-methyl/N-ethyl adjacent to an activating group) is 1. The van der Waals surface area contributed by atoms with E-state index in [0.29, 0.717) is 24.6 Å². The van der Waals surface area contributed by atoms with Gasteiger partial charge in [0.15, 0.2) is 5.96 Å². The number of piperazine rings is 1. The molecule has 1 aromatic rings. The van der Waals surface area contributed by atoms with Crippen LogP contribution in [0.4, 0.5) is 10.1 Å². The van der Waals surface area contributed by atoms with Gasteiger partial charge in [0.25, 0.3) is 0 Å². The third kappa shape index (κ3) is 6.32. The van der Waals surface area contributed by atoms with Gasteiger partial charge < -0.3 is 25.3 Å². The standard InChI is InChI=1S/C23H37FN6O/c1-4-28-11-13-29(14-12-28)21-6-5-19(15-20(21)24)17-27-23(26-3)30-9-7-18(8-10-30)16-22(31)25-2/h5-6,15,18H,4,7-14,16-17H2,1-3H3,(H,25,31)(H,26,27). The quantitative estimate of drug-likeness (QED) is 0.531. The average molecular weight is 433 g/mol. The maximum Gasteiger partial charge on any atom is 0.220 e. The minimum atomic E-state index is -0.158. The third-order valence-corrected chi connectivity index (χ3v) is 6.50. The van der Waals surface area contributed by atoms with Crippen LogP contribution in [0.5, 0.6) is 0 Å². The number of carbonyl (C=O) groups is 1. The molecule has 2 saturated heterocycles. The zero-order valence-electron chi connectivity index (χ0n) is 19.2. The van der Waals surface area contributed by atoms with Crippen LogP contribution >= 0.6 is 0 Å². The SMILES string of the molecule is CCN1CCN(c2ccc(CNC(=NC)N3CCC(CC(=O)NC)CC3)cc2F)CC1. The molecule has 172 valence electrons. The fourth-order valence-electron chi connectivity index (χ4n) is 4.45. The summed E-state index contributed by atoms with van der Waals surface area (Å²) in [5.74, 6) is 1.21. The molecule has 1 amide bonds. The van der Waals surface area contributed by atoms with E-state index in [2.05, 4.69) is 37.2 Å². The number of hydrogen-bond donors (Lipinski definition) is 2. The first-order valence-corrected chi connectivity index (χ1v) is 11.5. The number of rotatable bonds is 6. The summed E-state index contributed by atoms with van der Waals surface area (Å²) >= 11 is 0. The summed E-state index contributed by atoms with van der Waals surface area (Å²) in [5, 5.41) is 6.08. The largest absolute Gasteiger partial charge is 0.367 e. The summed E-state index contributed by atoms with van der Waals surface area (Å²) < 4.78 is 14.8. The summed E-state index contributed by atoms with van der Waals surface area (Å²) in [7, 11) is 3.46. The van der Waals surface area contributed by atoms with Gasteiger partial charge >= 0.3 is 0 Å². The van der Waals surface area contributed by atoms with Crippen molar-refractivity contribution >= 4 is 17.6 Å². The van der Waals surface area contributed by atoms with Crippen LogP contribution in [-0.2, 0) is 11.3 Å². The highest BCUT2D eigenvalue weighted by molar-refractivity contribution is 5.80. The number of piperidine rings is 1. The molecule has 0 radical (unpaired) electrons. The first-order chi connectivity index (χ1) is 15.0. The molecule has 3 rings (SSSR count). The van der Waals surface area contributed by atoms with Crippen molar-refractivity contribution in [2.45, 2.75) is 32.7 Å². The van der Waals surface area contributed by atoms with Crippen LogP contribution in [0.1, 0.15) is 31.7 Å². The van der Waals surface area contributed by atoms with Crippen LogP contribution in [0.2, 0.25) is 0 Å². The molecule has 1 aromatic carbocycles. The Hall–Kier alpha value is -2.35. The molecule has 0 aromatic heterocycles. The van der Waals surface area contributed by atoms with Crippen LogP contribution < -0.4 is 15.5 Å². The second kappa shape index (κ2) is 11.3. The zero-order chi connectivity index (χ0) is 22.2. The molecule has 2 N–H and O–H groups in total. The van der Waals surface area contributed by atoms with Crippen molar-refractivity contribution in [1.82, 2.24) is 20.4 Å². The van der Waals surface area contributed by atoms with Gasteiger partial charge in [-0.25, -0.2) is 4.39 Å². The highest BCUT2D eigenvalue weighted by Crippen LogP contribution is 2.23. The Kier molecular flexibility index (Phi) is 8.51. The lowest BCUT2D eigenvalue weighted by molar-refractivity contribution is -0.121. The molecular formula is C23H37FN6O. The molecule has 8 heteroatoms. The molecule has 2 heterocycles. The van der Waals surface area contributed by atoms with E-state index in [9.17, 15) is 9.18 Å². The summed E-state index contributed by atoms with van der Waals surface area (Å²) in [6, 6.07) is 5.54. The smallest absolute Gasteiger partial charge is 0.220 e. The molecule has 2 aliphatic heterocycles. The molecule has 0 unspecified atom stereocenters. The maximum atomic E-state index is 14.8. The lowest BCUT2D eigenvalue weighted by Gasteiger charge is -2.35. The highest BCUT2D eigenvalue weighted by atomic mass is 19.1. The van der Waals surface area contributed by atoms with E-state index in [0.717, 1.165) is 70.2 Å². The van der Waals surface area contributed by atoms with Crippen molar-refractivity contribution < 1.29 is 9.18 Å². The number of hydrogen-bond acceptors (Lipinski definition) is 4. The van der Waals surface area contributed by atoms with Gasteiger partial charge in [-0.15, -0.1) is 0 Å². The Morgan fingerprint density at radius 1 is 1.16 bits per heavy atom. The van der Waals surface area contributed by atoms with E-state index >= 15 is 0 Å². The average Bonchev–Trinajstić information content (AvgIpc) is 2.80. The zero-order valence-corrected chi connectivity index (χ0v) is 19.2. The summed E-state index contributed by atoms with van der Waals surface area (Å²) in [6.45, 7) is 9.19. The Bertz CT molecular complexity index is 754. The van der Waals surface area contributed by atoms with E-state index in [1.165, 1.54) is 0 Å². The second-order valence-corrected chi connectivity index (χ2v) is 8.42. The predicted molar refractivity (Wildman–Crippen MR) is 124 cm³/mol. The van der Waals surface area contributed by atoms with Gasteiger partial charge in [-0.05, 0) is 43.0 Å². The fraction of sp³-hybridized carbons (Fsp3) is 0.652. The molecule has 0 spiro atoms. The summed E-state index contributed by atoms with van der Waals surface area (Å²) in [4.78, 5) is 22.7. The molecule has 2 aliphatic rings. The Labute approximate surface area is 185 Å². The van der Waals surface area contributed by atoms with E-state index in [4.69, 9.17) is 0 Å². The number of guanidine groups is 1. The Morgan fingerprint density at radius 2 is 1.87 bits per heavy atom. The van der Waals surface area contributed by atoms with Crippen molar-refractivity contribution in [1.29, 1.82) is 0 Å². The lowest BCUT2D eigenvalue weighted by atomic mass is 9.93. The minimum Gasteiger partial charge on any atom is -0.367 e. The van der Waals surface area contributed by atoms with Gasteiger partial charge in [-0.2, -0.15) is 0 Å². The van der Waals surface area contributed by atoms with E-state index < -0.39 is 0 Å². The van der Waals surface area contributed by atoms with E-state index in [-0.39, 0.29) is 11.7 Å². The van der Waals surface area contributed by atoms with Gasteiger partial charge in [-0.3, -0.25) is 9.79 Å². The number of benzene rings is 1. The molecule has 31 heavy (non-hydrogen) atoms. The third-order valence-electron chi connectivity index (χ3n) is 6.50. The second-order valence-electron chi connectivity index (χ2n) is 8.42. The summed E-state index contributed by atoms with van der Waals surface area (Å²) in [5.41, 5.74) is 1.60. The number of nitrogens with zero attached hydrogens (tertiary/aromatic N) is 4. The maximum absolute atomic E-state index is 14.8. The number of likely N-dealkylation sites (tertiary alicyclic amines) is 1. The molecule has 0 bridgehead atoms. The van der Waals surface area contributed by atoms with E-state index in [1.807, 2.05) is 12.1 Å². The van der Waals surface area contributed by atoms with Crippen LogP contribution in [0.15, 0.2) is 23.2 Å². The van der Waals surface area contributed by atoms with Gasteiger partial charge in [-0.1, -0.05) is 13.0 Å². The molecule has 7 nitrogen and oxygen atoms in total. The number of halogens is 1. The monoisotopic (exact) mass is 432 g/mol. The number of amides is 1. The van der Waals surface area contributed by atoms with Crippen molar-refractivity contribution in [2.75, 3.05) is 64.8 Å². The number of nitrogens with one attached hydrogen (secondary N) is 2. The fourth-order valence-corrected chi connectivity index (χ4v) is 4.45. The van der Waals surface area contributed by atoms with Gasteiger partial charge in [0, 0.05) is 66.3 Å². The summed E-state index contributed by atoms with van der Waals surface area (Å²) in [6.07, 6.45) is 2.54.